The van der Waals surface area contributed by atoms with E-state index in [0.29, 0.717) is 6.61 Å². The maximum atomic E-state index is 5.84. The van der Waals surface area contributed by atoms with Crippen LogP contribution in [0.5, 0.6) is 5.75 Å². The number of aromatic amines is 1. The van der Waals surface area contributed by atoms with Gasteiger partial charge in [0.25, 0.3) is 0 Å². The third-order valence-electron chi connectivity index (χ3n) is 4.39. The highest BCUT2D eigenvalue weighted by Crippen LogP contribution is 2.26. The highest BCUT2D eigenvalue weighted by atomic mass is 16.5. The van der Waals surface area contributed by atoms with Crippen molar-refractivity contribution in [2.24, 2.45) is 0 Å². The Kier molecular flexibility index (Phi) is 4.39. The molecule has 1 fully saturated rings. The predicted molar refractivity (Wildman–Crippen MR) is 98.3 cm³/mol. The lowest BCUT2D eigenvalue weighted by Crippen LogP contribution is -2.16. The van der Waals surface area contributed by atoms with Gasteiger partial charge in [-0.25, -0.2) is 0 Å². The molecule has 0 spiro atoms. The topological polar surface area (TPSA) is 73.2 Å². The van der Waals surface area contributed by atoms with E-state index in [1.165, 1.54) is 0 Å². The highest BCUT2D eigenvalue weighted by molar-refractivity contribution is 5.70. The normalized spacial score (nSPS) is 16.9. The number of ether oxygens (including phenoxy) is 2. The molecular formula is C20H21N3O2. The molecule has 1 aliphatic heterocycles. The molecule has 1 unspecified atom stereocenters. The Morgan fingerprint density at radius 2 is 2.00 bits per heavy atom. The quantitative estimate of drug-likeness (QED) is 0.694. The maximum absolute atomic E-state index is 5.84. The van der Waals surface area contributed by atoms with Gasteiger partial charge in [0, 0.05) is 17.9 Å². The molecule has 0 bridgehead atoms. The number of nitrogens with one attached hydrogen (secondary N) is 1. The van der Waals surface area contributed by atoms with Crippen molar-refractivity contribution >= 4 is 5.69 Å². The lowest BCUT2D eigenvalue weighted by molar-refractivity contribution is 0.0679. The monoisotopic (exact) mass is 335 g/mol. The Bertz CT molecular complexity index is 836. The second-order valence-electron chi connectivity index (χ2n) is 6.26. The van der Waals surface area contributed by atoms with E-state index in [9.17, 15) is 0 Å². The van der Waals surface area contributed by atoms with E-state index in [-0.39, 0.29) is 6.10 Å². The number of nitrogens with zero attached hydrogens (tertiary/aromatic N) is 1. The lowest BCUT2D eigenvalue weighted by Gasteiger charge is -2.11. The number of nitrogens with two attached hydrogens (primary N) is 1. The number of nitrogen functional groups attached to an aromatic ring is 1. The molecule has 5 heteroatoms. The van der Waals surface area contributed by atoms with Gasteiger partial charge in [-0.3, -0.25) is 5.10 Å². The van der Waals surface area contributed by atoms with E-state index in [1.807, 2.05) is 54.6 Å². The minimum atomic E-state index is 0.230. The van der Waals surface area contributed by atoms with Crippen LogP contribution in [-0.2, 0) is 4.74 Å². The van der Waals surface area contributed by atoms with Crippen molar-refractivity contribution in [3.05, 3.63) is 54.6 Å². The van der Waals surface area contributed by atoms with Gasteiger partial charge in [-0.1, -0.05) is 12.1 Å². The third kappa shape index (κ3) is 3.67. The van der Waals surface area contributed by atoms with Crippen molar-refractivity contribution in [2.45, 2.75) is 18.9 Å². The minimum Gasteiger partial charge on any atom is -0.491 e. The summed E-state index contributed by atoms with van der Waals surface area (Å²) in [7, 11) is 0. The van der Waals surface area contributed by atoms with Crippen LogP contribution in [0.2, 0.25) is 0 Å². The summed E-state index contributed by atoms with van der Waals surface area (Å²) in [6.07, 6.45) is 2.44. The van der Waals surface area contributed by atoms with Gasteiger partial charge in [0.1, 0.15) is 12.4 Å². The number of hydrogen-bond donors (Lipinski definition) is 2. The fraction of sp³-hybridized carbons (Fsp3) is 0.250. The first-order chi connectivity index (χ1) is 12.3. The van der Waals surface area contributed by atoms with Gasteiger partial charge in [-0.2, -0.15) is 5.10 Å². The number of hydrogen-bond acceptors (Lipinski definition) is 4. The molecule has 25 heavy (non-hydrogen) atoms. The molecule has 2 heterocycles. The standard InChI is InChI=1S/C20H21N3O2/c21-16-4-1-3-15(11-16)20-12-19(22-23-20)14-6-8-17(9-7-14)25-13-18-5-2-10-24-18/h1,3-4,6-9,11-12,18H,2,5,10,13,21H2,(H,22,23). The number of aromatic nitrogens is 2. The van der Waals surface area contributed by atoms with E-state index in [0.717, 1.165) is 53.4 Å². The zero-order valence-corrected chi connectivity index (χ0v) is 13.9. The van der Waals surface area contributed by atoms with Crippen molar-refractivity contribution in [3.63, 3.8) is 0 Å². The van der Waals surface area contributed by atoms with Crippen LogP contribution in [0.3, 0.4) is 0 Å². The van der Waals surface area contributed by atoms with Crippen LogP contribution in [0.15, 0.2) is 54.6 Å². The van der Waals surface area contributed by atoms with E-state index < -0.39 is 0 Å². The van der Waals surface area contributed by atoms with E-state index in [1.54, 1.807) is 0 Å². The smallest absolute Gasteiger partial charge is 0.119 e. The summed E-state index contributed by atoms with van der Waals surface area (Å²) in [5, 5.41) is 7.47. The lowest BCUT2D eigenvalue weighted by atomic mass is 10.1. The number of rotatable bonds is 5. The SMILES string of the molecule is Nc1cccc(-c2cc(-c3ccc(OCC4CCCO4)cc3)[nH]n2)c1. The molecule has 0 aliphatic carbocycles. The largest absolute Gasteiger partial charge is 0.491 e. The van der Waals surface area contributed by atoms with E-state index >= 15 is 0 Å². The van der Waals surface area contributed by atoms with Crippen LogP contribution in [0, 0.1) is 0 Å². The van der Waals surface area contributed by atoms with Gasteiger partial charge in [0.15, 0.2) is 0 Å². The third-order valence-corrected chi connectivity index (χ3v) is 4.39. The molecule has 1 aromatic heterocycles. The molecule has 128 valence electrons. The number of H-pyrrole nitrogens is 1. The summed E-state index contributed by atoms with van der Waals surface area (Å²) in [4.78, 5) is 0. The van der Waals surface area contributed by atoms with Crippen molar-refractivity contribution in [1.82, 2.24) is 10.2 Å². The zero-order valence-electron chi connectivity index (χ0n) is 13.9. The number of benzene rings is 2. The van der Waals surface area contributed by atoms with Crippen molar-refractivity contribution in [3.8, 4) is 28.3 Å². The second kappa shape index (κ2) is 6.99. The van der Waals surface area contributed by atoms with Crippen LogP contribution in [-0.4, -0.2) is 29.5 Å². The van der Waals surface area contributed by atoms with Crippen LogP contribution < -0.4 is 10.5 Å². The molecule has 0 saturated carbocycles. The first kappa shape index (κ1) is 15.7. The van der Waals surface area contributed by atoms with E-state index in [4.69, 9.17) is 15.2 Å². The van der Waals surface area contributed by atoms with Crippen LogP contribution in [0.25, 0.3) is 22.5 Å². The van der Waals surface area contributed by atoms with Gasteiger partial charge in [0.2, 0.25) is 0 Å². The molecule has 1 atom stereocenters. The Hall–Kier alpha value is -2.79. The highest BCUT2D eigenvalue weighted by Gasteiger charge is 2.16. The molecule has 5 nitrogen and oxygen atoms in total. The Morgan fingerprint density at radius 1 is 1.12 bits per heavy atom. The van der Waals surface area contributed by atoms with Gasteiger partial charge in [-0.05, 0) is 60.9 Å². The van der Waals surface area contributed by atoms with Gasteiger partial charge >= 0.3 is 0 Å². The predicted octanol–water partition coefficient (Wildman–Crippen LogP) is 3.88. The summed E-state index contributed by atoms with van der Waals surface area (Å²) in [6, 6.07) is 17.8. The van der Waals surface area contributed by atoms with Gasteiger partial charge in [-0.15, -0.1) is 0 Å². The molecule has 0 radical (unpaired) electrons. The Balaban J connectivity index is 1.45. The molecule has 4 rings (SSSR count). The van der Waals surface area contributed by atoms with Crippen molar-refractivity contribution < 1.29 is 9.47 Å². The molecule has 2 aromatic carbocycles. The zero-order chi connectivity index (χ0) is 17.1. The summed E-state index contributed by atoms with van der Waals surface area (Å²) < 4.78 is 11.4. The van der Waals surface area contributed by atoms with Crippen LogP contribution in [0.1, 0.15) is 12.8 Å². The Morgan fingerprint density at radius 3 is 2.76 bits per heavy atom. The molecular weight excluding hydrogens is 314 g/mol. The van der Waals surface area contributed by atoms with Gasteiger partial charge < -0.3 is 15.2 Å². The summed E-state index contributed by atoms with van der Waals surface area (Å²) >= 11 is 0. The fourth-order valence-corrected chi connectivity index (χ4v) is 3.01. The van der Waals surface area contributed by atoms with Crippen molar-refractivity contribution in [2.75, 3.05) is 18.9 Å². The molecule has 3 aromatic rings. The fourth-order valence-electron chi connectivity index (χ4n) is 3.01. The molecule has 3 N–H and O–H groups in total. The average Bonchev–Trinajstić information content (AvgIpc) is 3.32. The molecule has 1 saturated heterocycles. The average molecular weight is 335 g/mol. The van der Waals surface area contributed by atoms with Gasteiger partial charge in [0.05, 0.1) is 17.5 Å². The first-order valence-electron chi connectivity index (χ1n) is 8.54. The molecule has 0 amide bonds. The minimum absolute atomic E-state index is 0.230. The van der Waals surface area contributed by atoms with Crippen molar-refractivity contribution in [1.29, 1.82) is 0 Å². The second-order valence-corrected chi connectivity index (χ2v) is 6.26. The number of anilines is 1. The summed E-state index contributed by atoms with van der Waals surface area (Å²) in [5.41, 5.74) is 10.5. The van der Waals surface area contributed by atoms with Crippen LogP contribution in [0.4, 0.5) is 5.69 Å². The maximum Gasteiger partial charge on any atom is 0.119 e. The Labute approximate surface area is 146 Å². The van der Waals surface area contributed by atoms with E-state index in [2.05, 4.69) is 10.2 Å². The van der Waals surface area contributed by atoms with Crippen LogP contribution >= 0.6 is 0 Å². The summed E-state index contributed by atoms with van der Waals surface area (Å²) in [6.45, 7) is 1.46. The molecule has 1 aliphatic rings. The summed E-state index contributed by atoms with van der Waals surface area (Å²) in [5.74, 6) is 0.856. The first-order valence-corrected chi connectivity index (χ1v) is 8.54.